The number of para-hydroxylation sites is 1. The summed E-state index contributed by atoms with van der Waals surface area (Å²) >= 11 is 1.77. The lowest BCUT2D eigenvalue weighted by Crippen LogP contribution is -1.92. The van der Waals surface area contributed by atoms with E-state index in [2.05, 4.69) is 49.2 Å². The molecule has 2 nitrogen and oxygen atoms in total. The molecule has 0 aliphatic rings. The molecule has 0 atom stereocenters. The van der Waals surface area contributed by atoms with Crippen LogP contribution in [0.2, 0.25) is 0 Å². The monoisotopic (exact) mass is 281 g/mol. The third kappa shape index (κ3) is 2.58. The average molecular weight is 281 g/mol. The molecule has 0 aliphatic carbocycles. The Morgan fingerprint density at radius 2 is 1.85 bits per heavy atom. The maximum Gasteiger partial charge on any atom is 0.219 e. The smallest absolute Gasteiger partial charge is 0.219 e. The fourth-order valence-electron chi connectivity index (χ4n) is 2.07. The van der Waals surface area contributed by atoms with E-state index in [4.69, 9.17) is 4.74 Å². The van der Waals surface area contributed by atoms with Gasteiger partial charge in [-0.2, -0.15) is 0 Å². The van der Waals surface area contributed by atoms with E-state index >= 15 is 0 Å². The first-order valence-corrected chi connectivity index (χ1v) is 7.31. The fourth-order valence-corrected chi connectivity index (χ4v) is 2.96. The lowest BCUT2D eigenvalue weighted by molar-refractivity contribution is 0.461. The molecule has 0 saturated heterocycles. The number of aryl methyl sites for hydroxylation is 2. The van der Waals surface area contributed by atoms with Gasteiger partial charge in [0, 0.05) is 27.6 Å². The third-order valence-electron chi connectivity index (χ3n) is 3.06. The van der Waals surface area contributed by atoms with Gasteiger partial charge in [-0.3, -0.25) is 0 Å². The van der Waals surface area contributed by atoms with Gasteiger partial charge in [0.05, 0.1) is 0 Å². The van der Waals surface area contributed by atoms with Crippen molar-refractivity contribution in [2.24, 2.45) is 0 Å². The van der Waals surface area contributed by atoms with Crippen molar-refractivity contribution in [3.8, 4) is 22.1 Å². The molecule has 1 aromatic carbocycles. The summed E-state index contributed by atoms with van der Waals surface area (Å²) in [6.07, 6.45) is 1.74. The van der Waals surface area contributed by atoms with E-state index in [0.29, 0.717) is 5.88 Å². The molecule has 0 unspecified atom stereocenters. The van der Waals surface area contributed by atoms with E-state index in [0.717, 1.165) is 16.9 Å². The SMILES string of the molecule is Cc1ccc(-c2cccc(C)c2Oc2ccccn2)s1. The second kappa shape index (κ2) is 5.47. The van der Waals surface area contributed by atoms with E-state index in [1.54, 1.807) is 17.5 Å². The zero-order valence-electron chi connectivity index (χ0n) is 11.5. The summed E-state index contributed by atoms with van der Waals surface area (Å²) in [5.74, 6) is 1.50. The fraction of sp³-hybridized carbons (Fsp3) is 0.118. The summed E-state index contributed by atoms with van der Waals surface area (Å²) in [6, 6.07) is 16.2. The van der Waals surface area contributed by atoms with Crippen molar-refractivity contribution in [2.75, 3.05) is 0 Å². The molecule has 20 heavy (non-hydrogen) atoms. The van der Waals surface area contributed by atoms with Gasteiger partial charge in [0.15, 0.2) is 0 Å². The van der Waals surface area contributed by atoms with Crippen LogP contribution < -0.4 is 4.74 Å². The van der Waals surface area contributed by atoms with Gasteiger partial charge in [0.2, 0.25) is 5.88 Å². The number of nitrogens with zero attached hydrogens (tertiary/aromatic N) is 1. The molecule has 0 saturated carbocycles. The molecular formula is C17H15NOS. The van der Waals surface area contributed by atoms with E-state index < -0.39 is 0 Å². The maximum atomic E-state index is 6.00. The summed E-state index contributed by atoms with van der Waals surface area (Å²) in [7, 11) is 0. The minimum atomic E-state index is 0.622. The first-order chi connectivity index (χ1) is 9.74. The van der Waals surface area contributed by atoms with Crippen LogP contribution in [0.1, 0.15) is 10.4 Å². The number of aromatic nitrogens is 1. The van der Waals surface area contributed by atoms with Crippen LogP contribution in [-0.4, -0.2) is 4.98 Å². The largest absolute Gasteiger partial charge is 0.438 e. The van der Waals surface area contributed by atoms with Crippen LogP contribution in [0, 0.1) is 13.8 Å². The van der Waals surface area contributed by atoms with Crippen LogP contribution in [0.15, 0.2) is 54.7 Å². The number of hydrogen-bond acceptors (Lipinski definition) is 3. The first kappa shape index (κ1) is 12.9. The van der Waals surface area contributed by atoms with E-state index in [9.17, 15) is 0 Å². The minimum Gasteiger partial charge on any atom is -0.438 e. The first-order valence-electron chi connectivity index (χ1n) is 6.49. The van der Waals surface area contributed by atoms with Crippen LogP contribution in [0.25, 0.3) is 10.4 Å². The quantitative estimate of drug-likeness (QED) is 0.656. The summed E-state index contributed by atoms with van der Waals surface area (Å²) < 4.78 is 6.00. The number of hydrogen-bond donors (Lipinski definition) is 0. The Morgan fingerprint density at radius 3 is 2.55 bits per heavy atom. The lowest BCUT2D eigenvalue weighted by Gasteiger charge is -2.12. The van der Waals surface area contributed by atoms with Gasteiger partial charge in [0.1, 0.15) is 5.75 Å². The van der Waals surface area contributed by atoms with Crippen molar-refractivity contribution in [3.63, 3.8) is 0 Å². The molecule has 2 aromatic heterocycles. The van der Waals surface area contributed by atoms with E-state index in [1.807, 2.05) is 18.2 Å². The third-order valence-corrected chi connectivity index (χ3v) is 4.10. The van der Waals surface area contributed by atoms with Crippen LogP contribution >= 0.6 is 11.3 Å². The summed E-state index contributed by atoms with van der Waals surface area (Å²) in [5.41, 5.74) is 2.23. The van der Waals surface area contributed by atoms with Crippen LogP contribution in [0.4, 0.5) is 0 Å². The van der Waals surface area contributed by atoms with Gasteiger partial charge in [-0.25, -0.2) is 4.98 Å². The normalized spacial score (nSPS) is 10.5. The van der Waals surface area contributed by atoms with Gasteiger partial charge < -0.3 is 4.74 Å². The van der Waals surface area contributed by atoms with Gasteiger partial charge in [-0.15, -0.1) is 11.3 Å². The summed E-state index contributed by atoms with van der Waals surface area (Å²) in [4.78, 5) is 6.75. The lowest BCUT2D eigenvalue weighted by atomic mass is 10.1. The van der Waals surface area contributed by atoms with Gasteiger partial charge in [0.25, 0.3) is 0 Å². The molecule has 0 radical (unpaired) electrons. The number of benzene rings is 1. The minimum absolute atomic E-state index is 0.622. The number of ether oxygens (including phenoxy) is 1. The van der Waals surface area contributed by atoms with Gasteiger partial charge in [-0.05, 0) is 43.7 Å². The Bertz CT molecular complexity index is 719. The Kier molecular flexibility index (Phi) is 3.52. The summed E-state index contributed by atoms with van der Waals surface area (Å²) in [5, 5.41) is 0. The van der Waals surface area contributed by atoms with E-state index in [-0.39, 0.29) is 0 Å². The molecule has 0 amide bonds. The molecule has 2 heterocycles. The van der Waals surface area contributed by atoms with E-state index in [1.165, 1.54) is 9.75 Å². The molecule has 3 rings (SSSR count). The molecular weight excluding hydrogens is 266 g/mol. The molecule has 0 N–H and O–H groups in total. The van der Waals surface area contributed by atoms with Crippen molar-refractivity contribution >= 4 is 11.3 Å². The molecule has 0 fully saturated rings. The standard InChI is InChI=1S/C17H15NOS/c1-12-6-5-7-14(15-10-9-13(2)20-15)17(12)19-16-8-3-4-11-18-16/h3-11H,1-2H3. The highest BCUT2D eigenvalue weighted by atomic mass is 32.1. The molecule has 0 spiro atoms. The predicted octanol–water partition coefficient (Wildman–Crippen LogP) is 5.22. The number of pyridine rings is 1. The van der Waals surface area contributed by atoms with Crippen LogP contribution in [0.3, 0.4) is 0 Å². The van der Waals surface area contributed by atoms with Gasteiger partial charge >= 0.3 is 0 Å². The van der Waals surface area contributed by atoms with Crippen molar-refractivity contribution in [3.05, 3.63) is 65.2 Å². The molecule has 100 valence electrons. The van der Waals surface area contributed by atoms with Crippen molar-refractivity contribution in [1.29, 1.82) is 0 Å². The number of thiophene rings is 1. The molecule has 3 aromatic rings. The Labute approximate surface area is 122 Å². The Balaban J connectivity index is 2.05. The second-order valence-corrected chi connectivity index (χ2v) is 5.92. The topological polar surface area (TPSA) is 22.1 Å². The Morgan fingerprint density at radius 1 is 0.950 bits per heavy atom. The zero-order chi connectivity index (χ0) is 13.9. The average Bonchev–Trinajstić information content (AvgIpc) is 2.89. The maximum absolute atomic E-state index is 6.00. The van der Waals surface area contributed by atoms with Gasteiger partial charge in [-0.1, -0.05) is 18.2 Å². The highest BCUT2D eigenvalue weighted by Crippen LogP contribution is 2.38. The van der Waals surface area contributed by atoms with Crippen molar-refractivity contribution in [2.45, 2.75) is 13.8 Å². The highest BCUT2D eigenvalue weighted by Gasteiger charge is 2.12. The molecule has 3 heteroatoms. The summed E-state index contributed by atoms with van der Waals surface area (Å²) in [6.45, 7) is 4.17. The second-order valence-electron chi connectivity index (χ2n) is 4.63. The van der Waals surface area contributed by atoms with Crippen molar-refractivity contribution in [1.82, 2.24) is 4.98 Å². The van der Waals surface area contributed by atoms with Crippen molar-refractivity contribution < 1.29 is 4.74 Å². The number of rotatable bonds is 3. The highest BCUT2D eigenvalue weighted by molar-refractivity contribution is 7.15. The van der Waals surface area contributed by atoms with Crippen LogP contribution in [0.5, 0.6) is 11.6 Å². The predicted molar refractivity (Wildman–Crippen MR) is 83.5 cm³/mol. The Hall–Kier alpha value is -2.13. The zero-order valence-corrected chi connectivity index (χ0v) is 12.3. The van der Waals surface area contributed by atoms with Crippen LogP contribution in [-0.2, 0) is 0 Å². The molecule has 0 aliphatic heterocycles. The molecule has 0 bridgehead atoms.